The molecule has 4 saturated carbocycles. The van der Waals surface area contributed by atoms with Gasteiger partial charge >= 0.3 is 0 Å². The van der Waals surface area contributed by atoms with Gasteiger partial charge in [0.25, 0.3) is 0 Å². The minimum Gasteiger partial charge on any atom is -0.369 e. The SMILES string of the molecule is C/C(=C/C(=O)Nc1ccc(CC(N)=O)cc1)C12CC3CC(CC(C3)C1)C2. The summed E-state index contributed by atoms with van der Waals surface area (Å²) in [4.78, 5) is 23.5. The number of carbonyl (C=O) groups is 2. The van der Waals surface area contributed by atoms with Crippen LogP contribution in [0.2, 0.25) is 0 Å². The van der Waals surface area contributed by atoms with E-state index in [2.05, 4.69) is 12.2 Å². The molecule has 3 N–H and O–H groups in total. The molecule has 4 aliphatic rings. The van der Waals surface area contributed by atoms with Gasteiger partial charge in [-0.1, -0.05) is 17.7 Å². The molecule has 4 fully saturated rings. The number of amides is 2. The lowest BCUT2D eigenvalue weighted by molar-refractivity contribution is -0.117. The molecule has 0 radical (unpaired) electrons. The Morgan fingerprint density at radius 3 is 2.12 bits per heavy atom. The minimum absolute atomic E-state index is 0.0547. The van der Waals surface area contributed by atoms with Crippen molar-refractivity contribution in [2.24, 2.45) is 28.9 Å². The Bertz CT molecular complexity index is 713. The van der Waals surface area contributed by atoms with Crippen LogP contribution in [0.25, 0.3) is 0 Å². The van der Waals surface area contributed by atoms with Crippen LogP contribution in [-0.2, 0) is 16.0 Å². The molecule has 0 heterocycles. The number of carbonyl (C=O) groups excluding carboxylic acids is 2. The first-order chi connectivity index (χ1) is 12.4. The zero-order valence-electron chi connectivity index (χ0n) is 15.5. The van der Waals surface area contributed by atoms with Gasteiger partial charge in [-0.15, -0.1) is 0 Å². The third kappa shape index (κ3) is 3.42. The van der Waals surface area contributed by atoms with E-state index in [1.165, 1.54) is 44.1 Å². The summed E-state index contributed by atoms with van der Waals surface area (Å²) in [6.07, 6.45) is 10.1. The number of primary amides is 1. The molecule has 4 bridgehead atoms. The fraction of sp³-hybridized carbons (Fsp3) is 0.545. The molecule has 0 atom stereocenters. The topological polar surface area (TPSA) is 72.2 Å². The van der Waals surface area contributed by atoms with Crippen LogP contribution >= 0.6 is 0 Å². The summed E-state index contributed by atoms with van der Waals surface area (Å²) in [6.45, 7) is 2.16. The highest BCUT2D eigenvalue weighted by molar-refractivity contribution is 5.99. The molecule has 0 saturated heterocycles. The Morgan fingerprint density at radius 2 is 1.62 bits per heavy atom. The fourth-order valence-corrected chi connectivity index (χ4v) is 6.03. The van der Waals surface area contributed by atoms with Crippen molar-refractivity contribution in [3.05, 3.63) is 41.5 Å². The van der Waals surface area contributed by atoms with Gasteiger partial charge in [0.05, 0.1) is 6.42 Å². The van der Waals surface area contributed by atoms with E-state index >= 15 is 0 Å². The Balaban J connectivity index is 1.43. The molecule has 26 heavy (non-hydrogen) atoms. The molecular formula is C22H28N2O2. The standard InChI is InChI=1S/C22H28N2O2/c1-14(22-11-16-7-17(12-22)9-18(8-16)13-22)6-21(26)24-19-4-2-15(3-5-19)10-20(23)25/h2-6,16-18H,7-13H2,1H3,(H2,23,25)(H,24,26)/b14-6-. The Labute approximate surface area is 155 Å². The largest absolute Gasteiger partial charge is 0.369 e. The number of benzene rings is 1. The Hall–Kier alpha value is -2.10. The van der Waals surface area contributed by atoms with Crippen molar-refractivity contribution in [2.45, 2.75) is 51.9 Å². The summed E-state index contributed by atoms with van der Waals surface area (Å²) in [6, 6.07) is 7.31. The van der Waals surface area contributed by atoms with E-state index in [-0.39, 0.29) is 23.7 Å². The van der Waals surface area contributed by atoms with Crippen LogP contribution < -0.4 is 11.1 Å². The molecule has 4 aliphatic carbocycles. The van der Waals surface area contributed by atoms with E-state index in [0.29, 0.717) is 0 Å². The van der Waals surface area contributed by atoms with Crippen molar-refractivity contribution in [1.82, 2.24) is 0 Å². The van der Waals surface area contributed by atoms with E-state index in [4.69, 9.17) is 5.73 Å². The molecule has 0 aliphatic heterocycles. The maximum absolute atomic E-state index is 12.5. The lowest BCUT2D eigenvalue weighted by Crippen LogP contribution is -2.46. The van der Waals surface area contributed by atoms with Crippen LogP contribution in [0.15, 0.2) is 35.9 Å². The highest BCUT2D eigenvalue weighted by atomic mass is 16.1. The van der Waals surface area contributed by atoms with Gasteiger partial charge in [-0.2, -0.15) is 0 Å². The molecule has 1 aromatic rings. The van der Waals surface area contributed by atoms with Crippen molar-refractivity contribution in [1.29, 1.82) is 0 Å². The summed E-state index contributed by atoms with van der Waals surface area (Å²) >= 11 is 0. The zero-order valence-corrected chi connectivity index (χ0v) is 15.5. The predicted octanol–water partition coefficient (Wildman–Crippen LogP) is 3.82. The molecule has 4 nitrogen and oxygen atoms in total. The highest BCUT2D eigenvalue weighted by Crippen LogP contribution is 2.62. The summed E-state index contributed by atoms with van der Waals surface area (Å²) in [5.41, 5.74) is 8.35. The van der Waals surface area contributed by atoms with Crippen LogP contribution in [0, 0.1) is 23.2 Å². The maximum Gasteiger partial charge on any atom is 0.248 e. The Kier molecular flexibility index (Phi) is 4.37. The molecule has 0 aromatic heterocycles. The van der Waals surface area contributed by atoms with Gasteiger partial charge < -0.3 is 11.1 Å². The number of anilines is 1. The van der Waals surface area contributed by atoms with E-state index in [1.807, 2.05) is 30.3 Å². The molecule has 5 rings (SSSR count). The summed E-state index contributed by atoms with van der Waals surface area (Å²) in [5.74, 6) is 2.23. The molecular weight excluding hydrogens is 324 g/mol. The third-order valence-corrected chi connectivity index (χ3v) is 6.82. The average molecular weight is 352 g/mol. The summed E-state index contributed by atoms with van der Waals surface area (Å²) < 4.78 is 0. The molecule has 0 unspecified atom stereocenters. The van der Waals surface area contributed by atoms with Crippen molar-refractivity contribution < 1.29 is 9.59 Å². The number of rotatable bonds is 5. The van der Waals surface area contributed by atoms with Gasteiger partial charge in [-0.05, 0) is 86.3 Å². The first kappa shape index (κ1) is 17.3. The number of nitrogens with one attached hydrogen (secondary N) is 1. The van der Waals surface area contributed by atoms with Crippen LogP contribution in [0.3, 0.4) is 0 Å². The lowest BCUT2D eigenvalue weighted by Gasteiger charge is -2.57. The van der Waals surface area contributed by atoms with Crippen molar-refractivity contribution >= 4 is 17.5 Å². The van der Waals surface area contributed by atoms with Crippen LogP contribution in [0.1, 0.15) is 51.0 Å². The normalized spacial score (nSPS) is 32.5. The molecule has 0 spiro atoms. The second-order valence-electron chi connectivity index (χ2n) is 8.85. The van der Waals surface area contributed by atoms with Crippen molar-refractivity contribution in [2.75, 3.05) is 5.32 Å². The lowest BCUT2D eigenvalue weighted by atomic mass is 9.48. The number of hydrogen-bond acceptors (Lipinski definition) is 2. The van der Waals surface area contributed by atoms with Gasteiger partial charge in [0.1, 0.15) is 0 Å². The molecule has 1 aromatic carbocycles. The molecule has 2 amide bonds. The van der Waals surface area contributed by atoms with Gasteiger partial charge in [-0.25, -0.2) is 0 Å². The van der Waals surface area contributed by atoms with Crippen molar-refractivity contribution in [3.8, 4) is 0 Å². The monoisotopic (exact) mass is 352 g/mol. The number of hydrogen-bond donors (Lipinski definition) is 2. The van der Waals surface area contributed by atoms with Gasteiger partial charge in [0, 0.05) is 11.8 Å². The maximum atomic E-state index is 12.5. The number of nitrogens with two attached hydrogens (primary N) is 1. The number of allylic oxidation sites excluding steroid dienone is 1. The summed E-state index contributed by atoms with van der Waals surface area (Å²) in [5, 5.41) is 2.95. The van der Waals surface area contributed by atoms with E-state index < -0.39 is 0 Å². The predicted molar refractivity (Wildman–Crippen MR) is 102 cm³/mol. The van der Waals surface area contributed by atoms with Gasteiger partial charge in [0.15, 0.2) is 0 Å². The third-order valence-electron chi connectivity index (χ3n) is 6.82. The quantitative estimate of drug-likeness (QED) is 0.791. The van der Waals surface area contributed by atoms with E-state index in [1.54, 1.807) is 0 Å². The van der Waals surface area contributed by atoms with E-state index in [9.17, 15) is 9.59 Å². The smallest absolute Gasteiger partial charge is 0.248 e. The van der Waals surface area contributed by atoms with Gasteiger partial charge in [-0.3, -0.25) is 9.59 Å². The van der Waals surface area contributed by atoms with E-state index in [0.717, 1.165) is 29.0 Å². The van der Waals surface area contributed by atoms with Crippen molar-refractivity contribution in [3.63, 3.8) is 0 Å². The van der Waals surface area contributed by atoms with Gasteiger partial charge in [0.2, 0.25) is 11.8 Å². The second-order valence-corrected chi connectivity index (χ2v) is 8.85. The zero-order chi connectivity index (χ0) is 18.3. The van der Waals surface area contributed by atoms with Crippen LogP contribution in [0.5, 0.6) is 0 Å². The first-order valence-electron chi connectivity index (χ1n) is 9.79. The second kappa shape index (κ2) is 6.57. The summed E-state index contributed by atoms with van der Waals surface area (Å²) in [7, 11) is 0. The fourth-order valence-electron chi connectivity index (χ4n) is 6.03. The Morgan fingerprint density at radius 1 is 1.08 bits per heavy atom. The molecule has 138 valence electrons. The minimum atomic E-state index is -0.351. The highest BCUT2D eigenvalue weighted by Gasteiger charge is 2.51. The molecule has 4 heteroatoms. The average Bonchev–Trinajstić information content (AvgIpc) is 2.55. The first-order valence-corrected chi connectivity index (χ1v) is 9.79. The van der Waals surface area contributed by atoms with Crippen LogP contribution in [-0.4, -0.2) is 11.8 Å². The van der Waals surface area contributed by atoms with Crippen LogP contribution in [0.4, 0.5) is 5.69 Å².